The van der Waals surface area contributed by atoms with Crippen molar-refractivity contribution in [3.8, 4) is 5.69 Å². The number of ketones is 1. The Bertz CT molecular complexity index is 900. The summed E-state index contributed by atoms with van der Waals surface area (Å²) in [6.45, 7) is 0. The van der Waals surface area contributed by atoms with Crippen molar-refractivity contribution >= 4 is 5.78 Å². The second-order valence-electron chi connectivity index (χ2n) is 6.46. The molecular formula is C20H18FN3O. The lowest BCUT2D eigenvalue weighted by molar-refractivity contribution is -0.127. The number of carbonyl (C=O) groups is 1. The van der Waals surface area contributed by atoms with Crippen molar-refractivity contribution in [1.82, 2.24) is 14.8 Å². The highest BCUT2D eigenvalue weighted by atomic mass is 19.1. The van der Waals surface area contributed by atoms with Crippen LogP contribution in [0.3, 0.4) is 0 Å². The van der Waals surface area contributed by atoms with Gasteiger partial charge >= 0.3 is 0 Å². The van der Waals surface area contributed by atoms with Gasteiger partial charge in [-0.3, -0.25) is 9.78 Å². The highest BCUT2D eigenvalue weighted by Gasteiger charge is 2.47. The molecule has 0 saturated heterocycles. The third-order valence-electron chi connectivity index (χ3n) is 4.96. The molecule has 0 amide bonds. The standard InChI is InChI=1S/C20H18FN3O/c21-17-8-4-12-22-19(17)20(10-5-11-20)18(25)14-15-9-13-24(23-15)16-6-2-1-3-7-16/h1-4,6-9,12-13H,5,10-11,14H2. The normalized spacial score (nSPS) is 15.6. The van der Waals surface area contributed by atoms with Crippen molar-refractivity contribution in [1.29, 1.82) is 0 Å². The molecule has 0 N–H and O–H groups in total. The van der Waals surface area contributed by atoms with E-state index >= 15 is 0 Å². The average molecular weight is 335 g/mol. The molecule has 4 rings (SSSR count). The van der Waals surface area contributed by atoms with Gasteiger partial charge in [0, 0.05) is 12.4 Å². The van der Waals surface area contributed by atoms with Crippen molar-refractivity contribution in [2.75, 3.05) is 0 Å². The first kappa shape index (κ1) is 15.7. The number of hydrogen-bond donors (Lipinski definition) is 0. The molecule has 1 saturated carbocycles. The van der Waals surface area contributed by atoms with Gasteiger partial charge in [0.25, 0.3) is 0 Å². The van der Waals surface area contributed by atoms with Crippen LogP contribution in [-0.4, -0.2) is 20.5 Å². The number of aromatic nitrogens is 3. The van der Waals surface area contributed by atoms with Gasteiger partial charge in [-0.15, -0.1) is 0 Å². The van der Waals surface area contributed by atoms with Gasteiger partial charge in [-0.05, 0) is 43.2 Å². The largest absolute Gasteiger partial charge is 0.298 e. The molecule has 2 aromatic heterocycles. The molecule has 25 heavy (non-hydrogen) atoms. The zero-order valence-corrected chi connectivity index (χ0v) is 13.7. The molecule has 0 spiro atoms. The molecule has 5 heteroatoms. The van der Waals surface area contributed by atoms with Gasteiger partial charge in [-0.25, -0.2) is 9.07 Å². The van der Waals surface area contributed by atoms with Gasteiger partial charge in [0.05, 0.1) is 28.9 Å². The van der Waals surface area contributed by atoms with Crippen LogP contribution in [0.4, 0.5) is 4.39 Å². The summed E-state index contributed by atoms with van der Waals surface area (Å²) in [4.78, 5) is 17.1. The molecular weight excluding hydrogens is 317 g/mol. The van der Waals surface area contributed by atoms with Crippen LogP contribution < -0.4 is 0 Å². The number of hydrogen-bond acceptors (Lipinski definition) is 3. The van der Waals surface area contributed by atoms with Crippen LogP contribution in [-0.2, 0) is 16.6 Å². The Labute approximate surface area is 145 Å². The predicted molar refractivity (Wildman–Crippen MR) is 92.0 cm³/mol. The fraction of sp³-hybridized carbons (Fsp3) is 0.250. The maximum atomic E-state index is 14.2. The van der Waals surface area contributed by atoms with Gasteiger partial charge in [0.15, 0.2) is 5.78 Å². The number of Topliss-reactive ketones (excluding diaryl/α,β-unsaturated/α-hetero) is 1. The summed E-state index contributed by atoms with van der Waals surface area (Å²) in [5.41, 5.74) is 1.13. The first-order chi connectivity index (χ1) is 12.2. The van der Waals surface area contributed by atoms with Crippen LogP contribution in [0.2, 0.25) is 0 Å². The van der Waals surface area contributed by atoms with E-state index in [0.29, 0.717) is 18.5 Å². The van der Waals surface area contributed by atoms with E-state index in [2.05, 4.69) is 10.1 Å². The van der Waals surface area contributed by atoms with Crippen molar-refractivity contribution in [3.05, 3.63) is 78.1 Å². The fourth-order valence-electron chi connectivity index (χ4n) is 3.43. The number of carbonyl (C=O) groups excluding carboxylic acids is 1. The first-order valence-corrected chi connectivity index (χ1v) is 8.43. The second kappa shape index (κ2) is 6.24. The lowest BCUT2D eigenvalue weighted by Crippen LogP contribution is -2.44. The molecule has 126 valence electrons. The minimum absolute atomic E-state index is 0.00494. The lowest BCUT2D eigenvalue weighted by atomic mass is 9.62. The zero-order valence-electron chi connectivity index (χ0n) is 13.7. The van der Waals surface area contributed by atoms with Crippen LogP contribution in [0.25, 0.3) is 5.69 Å². The molecule has 1 aromatic carbocycles. The Hall–Kier alpha value is -2.82. The van der Waals surface area contributed by atoms with E-state index in [1.165, 1.54) is 6.07 Å². The molecule has 1 fully saturated rings. The first-order valence-electron chi connectivity index (χ1n) is 8.43. The highest BCUT2D eigenvalue weighted by Crippen LogP contribution is 2.45. The topological polar surface area (TPSA) is 47.8 Å². The summed E-state index contributed by atoms with van der Waals surface area (Å²) in [5, 5.41) is 4.49. The van der Waals surface area contributed by atoms with Crippen molar-refractivity contribution in [3.63, 3.8) is 0 Å². The summed E-state index contributed by atoms with van der Waals surface area (Å²) in [5.74, 6) is -0.403. The molecule has 0 bridgehead atoms. The summed E-state index contributed by atoms with van der Waals surface area (Å²) in [7, 11) is 0. The summed E-state index contributed by atoms with van der Waals surface area (Å²) in [6.07, 6.45) is 5.80. The monoisotopic (exact) mass is 335 g/mol. The van der Waals surface area contributed by atoms with Crippen molar-refractivity contribution in [2.45, 2.75) is 31.1 Å². The summed E-state index contributed by atoms with van der Waals surface area (Å²) >= 11 is 0. The summed E-state index contributed by atoms with van der Waals surface area (Å²) in [6, 6.07) is 14.5. The Balaban J connectivity index is 1.58. The Morgan fingerprint density at radius 2 is 1.92 bits per heavy atom. The van der Waals surface area contributed by atoms with Gasteiger partial charge in [-0.1, -0.05) is 24.6 Å². The van der Waals surface area contributed by atoms with Crippen molar-refractivity contribution in [2.24, 2.45) is 0 Å². The predicted octanol–water partition coefficient (Wildman–Crippen LogP) is 3.64. The molecule has 4 nitrogen and oxygen atoms in total. The van der Waals surface area contributed by atoms with Crippen LogP contribution in [0.5, 0.6) is 0 Å². The van der Waals surface area contributed by atoms with E-state index in [-0.39, 0.29) is 17.9 Å². The third-order valence-corrected chi connectivity index (χ3v) is 4.96. The molecule has 0 atom stereocenters. The number of para-hydroxylation sites is 1. The van der Waals surface area contributed by atoms with Gasteiger partial charge < -0.3 is 0 Å². The van der Waals surface area contributed by atoms with Crippen LogP contribution in [0, 0.1) is 5.82 Å². The zero-order chi connectivity index (χ0) is 17.3. The van der Waals surface area contributed by atoms with Crippen LogP contribution in [0.15, 0.2) is 60.9 Å². The average Bonchev–Trinajstić information content (AvgIpc) is 3.05. The lowest BCUT2D eigenvalue weighted by Gasteiger charge is -2.39. The molecule has 0 unspecified atom stereocenters. The van der Waals surface area contributed by atoms with E-state index in [1.54, 1.807) is 16.9 Å². The number of rotatable bonds is 5. The van der Waals surface area contributed by atoms with Gasteiger partial charge in [0.2, 0.25) is 0 Å². The molecule has 1 aliphatic rings. The minimum atomic E-state index is -0.790. The number of pyridine rings is 1. The highest BCUT2D eigenvalue weighted by molar-refractivity contribution is 5.92. The maximum absolute atomic E-state index is 14.2. The van der Waals surface area contributed by atoms with E-state index in [0.717, 1.165) is 12.1 Å². The minimum Gasteiger partial charge on any atom is -0.298 e. The Morgan fingerprint density at radius 1 is 1.12 bits per heavy atom. The number of benzene rings is 1. The van der Waals surface area contributed by atoms with E-state index in [1.807, 2.05) is 42.6 Å². The Morgan fingerprint density at radius 3 is 2.60 bits per heavy atom. The molecule has 2 heterocycles. The second-order valence-corrected chi connectivity index (χ2v) is 6.46. The van der Waals surface area contributed by atoms with E-state index in [4.69, 9.17) is 0 Å². The maximum Gasteiger partial charge on any atom is 0.151 e. The quantitative estimate of drug-likeness (QED) is 0.715. The molecule has 0 aliphatic heterocycles. The van der Waals surface area contributed by atoms with Gasteiger partial charge in [-0.2, -0.15) is 5.10 Å². The smallest absolute Gasteiger partial charge is 0.151 e. The SMILES string of the molecule is O=C(Cc1ccn(-c2ccccc2)n1)C1(c2ncccc2F)CCC1. The molecule has 1 aliphatic carbocycles. The fourth-order valence-corrected chi connectivity index (χ4v) is 3.43. The Kier molecular flexibility index (Phi) is 3.92. The third kappa shape index (κ3) is 2.76. The van der Waals surface area contributed by atoms with E-state index < -0.39 is 11.2 Å². The van der Waals surface area contributed by atoms with Gasteiger partial charge in [0.1, 0.15) is 5.82 Å². The summed E-state index contributed by atoms with van der Waals surface area (Å²) < 4.78 is 15.9. The molecule has 0 radical (unpaired) electrons. The van der Waals surface area contributed by atoms with Crippen LogP contribution >= 0.6 is 0 Å². The number of halogens is 1. The van der Waals surface area contributed by atoms with E-state index in [9.17, 15) is 9.18 Å². The van der Waals surface area contributed by atoms with Crippen LogP contribution in [0.1, 0.15) is 30.7 Å². The number of nitrogens with zero attached hydrogens (tertiary/aromatic N) is 3. The van der Waals surface area contributed by atoms with Crippen molar-refractivity contribution < 1.29 is 9.18 Å². The molecule has 3 aromatic rings.